The smallest absolute Gasteiger partial charge is 0.293 e. The number of hydrogen-bond donors (Lipinski definition) is 2. The molecule has 0 atom stereocenters. The van der Waals surface area contributed by atoms with Crippen LogP contribution in [0.3, 0.4) is 0 Å². The summed E-state index contributed by atoms with van der Waals surface area (Å²) >= 11 is 0. The summed E-state index contributed by atoms with van der Waals surface area (Å²) in [5.41, 5.74) is 7.82. The van der Waals surface area contributed by atoms with Crippen LogP contribution in [0.4, 0.5) is 5.69 Å². The average Bonchev–Trinajstić information content (AvgIpc) is 2.96. The lowest BCUT2D eigenvalue weighted by molar-refractivity contribution is -0.0771. The SMILES string of the molecule is Nc1ccc2[nH]c(C(=O)N3CCCO3)cc2c1. The number of nitrogens with two attached hydrogens (primary N) is 1. The zero-order valence-corrected chi connectivity index (χ0v) is 9.27. The molecule has 1 fully saturated rings. The Morgan fingerprint density at radius 2 is 2.29 bits per heavy atom. The molecule has 17 heavy (non-hydrogen) atoms. The molecule has 0 unspecified atom stereocenters. The highest BCUT2D eigenvalue weighted by Crippen LogP contribution is 2.20. The first-order valence-electron chi connectivity index (χ1n) is 5.57. The molecule has 1 aromatic heterocycles. The molecular formula is C12H13N3O2. The van der Waals surface area contributed by atoms with E-state index in [4.69, 9.17) is 10.6 Å². The third-order valence-corrected chi connectivity index (χ3v) is 2.85. The van der Waals surface area contributed by atoms with E-state index in [0.717, 1.165) is 17.3 Å². The zero-order valence-electron chi connectivity index (χ0n) is 9.27. The fourth-order valence-corrected chi connectivity index (χ4v) is 2.01. The lowest BCUT2D eigenvalue weighted by atomic mass is 10.2. The monoisotopic (exact) mass is 231 g/mol. The maximum absolute atomic E-state index is 12.0. The molecule has 5 heteroatoms. The molecule has 1 aliphatic rings. The van der Waals surface area contributed by atoms with Crippen molar-refractivity contribution >= 4 is 22.5 Å². The summed E-state index contributed by atoms with van der Waals surface area (Å²) in [5.74, 6) is -0.128. The van der Waals surface area contributed by atoms with E-state index in [0.29, 0.717) is 24.5 Å². The Balaban J connectivity index is 1.97. The van der Waals surface area contributed by atoms with E-state index in [2.05, 4.69) is 4.98 Å². The van der Waals surface area contributed by atoms with Gasteiger partial charge in [-0.2, -0.15) is 0 Å². The summed E-state index contributed by atoms with van der Waals surface area (Å²) in [6.45, 7) is 1.26. The van der Waals surface area contributed by atoms with Crippen molar-refractivity contribution < 1.29 is 9.63 Å². The van der Waals surface area contributed by atoms with Crippen LogP contribution in [0.15, 0.2) is 24.3 Å². The maximum atomic E-state index is 12.0. The number of carbonyl (C=O) groups is 1. The molecule has 5 nitrogen and oxygen atoms in total. The van der Waals surface area contributed by atoms with E-state index >= 15 is 0 Å². The standard InChI is InChI=1S/C12H13N3O2/c13-9-2-3-10-8(6-9)7-11(14-10)12(16)15-4-1-5-17-15/h2-3,6-7,14H,1,4-5,13H2. The van der Waals surface area contributed by atoms with Gasteiger partial charge in [0.25, 0.3) is 5.91 Å². The number of aromatic nitrogens is 1. The Hall–Kier alpha value is -2.01. The minimum atomic E-state index is -0.128. The van der Waals surface area contributed by atoms with Crippen molar-refractivity contribution in [3.63, 3.8) is 0 Å². The molecule has 0 spiro atoms. The minimum absolute atomic E-state index is 0.128. The van der Waals surface area contributed by atoms with Gasteiger partial charge >= 0.3 is 0 Å². The van der Waals surface area contributed by atoms with Gasteiger partial charge in [0.15, 0.2) is 0 Å². The number of carbonyl (C=O) groups excluding carboxylic acids is 1. The Labute approximate surface area is 98.1 Å². The predicted molar refractivity (Wildman–Crippen MR) is 64.3 cm³/mol. The molecule has 1 amide bonds. The van der Waals surface area contributed by atoms with Gasteiger partial charge in [0, 0.05) is 16.6 Å². The third-order valence-electron chi connectivity index (χ3n) is 2.85. The largest absolute Gasteiger partial charge is 0.399 e. The Morgan fingerprint density at radius 3 is 3.06 bits per heavy atom. The van der Waals surface area contributed by atoms with Gasteiger partial charge in [-0.1, -0.05) is 0 Å². The molecule has 3 N–H and O–H groups in total. The minimum Gasteiger partial charge on any atom is -0.399 e. The number of aromatic amines is 1. The molecule has 0 radical (unpaired) electrons. The molecule has 2 heterocycles. The van der Waals surface area contributed by atoms with Crippen LogP contribution in [0, 0.1) is 0 Å². The number of fused-ring (bicyclic) bond motifs is 1. The first kappa shape index (κ1) is 10.2. The highest BCUT2D eigenvalue weighted by atomic mass is 16.7. The topological polar surface area (TPSA) is 71.4 Å². The average molecular weight is 231 g/mol. The van der Waals surface area contributed by atoms with Crippen molar-refractivity contribution in [1.29, 1.82) is 0 Å². The molecule has 1 aliphatic heterocycles. The van der Waals surface area contributed by atoms with Crippen molar-refractivity contribution in [3.05, 3.63) is 30.0 Å². The van der Waals surface area contributed by atoms with E-state index in [-0.39, 0.29) is 5.91 Å². The molecule has 1 saturated heterocycles. The summed E-state index contributed by atoms with van der Waals surface area (Å²) in [7, 11) is 0. The number of nitrogens with one attached hydrogen (secondary N) is 1. The molecule has 3 rings (SSSR count). The fraction of sp³-hybridized carbons (Fsp3) is 0.250. The van der Waals surface area contributed by atoms with Crippen LogP contribution < -0.4 is 5.73 Å². The number of nitrogen functional groups attached to an aromatic ring is 1. The number of hydrogen-bond acceptors (Lipinski definition) is 3. The van der Waals surface area contributed by atoms with E-state index in [1.54, 1.807) is 12.1 Å². The molecule has 88 valence electrons. The normalized spacial score (nSPS) is 15.6. The molecule has 0 aliphatic carbocycles. The first-order chi connectivity index (χ1) is 8.24. The predicted octanol–water partition coefficient (Wildman–Crippen LogP) is 1.53. The van der Waals surface area contributed by atoms with Gasteiger partial charge in [0.2, 0.25) is 0 Å². The number of H-pyrrole nitrogens is 1. The Kier molecular flexibility index (Phi) is 2.26. The van der Waals surface area contributed by atoms with Crippen LogP contribution in [-0.4, -0.2) is 29.1 Å². The Bertz CT molecular complexity index is 570. The number of nitrogens with zero attached hydrogens (tertiary/aromatic N) is 1. The lowest BCUT2D eigenvalue weighted by Gasteiger charge is -2.11. The van der Waals surface area contributed by atoms with Gasteiger partial charge < -0.3 is 10.7 Å². The summed E-state index contributed by atoms with van der Waals surface area (Å²) in [4.78, 5) is 20.3. The zero-order chi connectivity index (χ0) is 11.8. The molecule has 0 bridgehead atoms. The second-order valence-corrected chi connectivity index (χ2v) is 4.12. The second kappa shape index (κ2) is 3.78. The summed E-state index contributed by atoms with van der Waals surface area (Å²) in [6, 6.07) is 7.31. The quantitative estimate of drug-likeness (QED) is 0.731. The van der Waals surface area contributed by atoms with Crippen LogP contribution in [0.25, 0.3) is 10.9 Å². The van der Waals surface area contributed by atoms with Gasteiger partial charge in [-0.25, -0.2) is 5.06 Å². The van der Waals surface area contributed by atoms with Crippen LogP contribution >= 0.6 is 0 Å². The van der Waals surface area contributed by atoms with Crippen LogP contribution in [0.1, 0.15) is 16.9 Å². The summed E-state index contributed by atoms with van der Waals surface area (Å²) in [5, 5.41) is 2.33. The molecule has 0 saturated carbocycles. The van der Waals surface area contributed by atoms with Gasteiger partial charge in [-0.05, 0) is 30.7 Å². The number of hydroxylamine groups is 2. The van der Waals surface area contributed by atoms with Gasteiger partial charge in [-0.3, -0.25) is 9.63 Å². The first-order valence-corrected chi connectivity index (χ1v) is 5.57. The molecule has 2 aromatic rings. The van der Waals surface area contributed by atoms with E-state index < -0.39 is 0 Å². The van der Waals surface area contributed by atoms with Crippen LogP contribution in [-0.2, 0) is 4.84 Å². The summed E-state index contributed by atoms with van der Waals surface area (Å²) in [6.07, 6.45) is 0.888. The number of amides is 1. The third kappa shape index (κ3) is 1.74. The van der Waals surface area contributed by atoms with Crippen molar-refractivity contribution in [3.8, 4) is 0 Å². The second-order valence-electron chi connectivity index (χ2n) is 4.12. The molecular weight excluding hydrogens is 218 g/mol. The number of rotatable bonds is 1. The highest BCUT2D eigenvalue weighted by Gasteiger charge is 2.22. The van der Waals surface area contributed by atoms with Crippen LogP contribution in [0.2, 0.25) is 0 Å². The van der Waals surface area contributed by atoms with Crippen molar-refractivity contribution in [2.24, 2.45) is 0 Å². The number of benzene rings is 1. The van der Waals surface area contributed by atoms with E-state index in [1.807, 2.05) is 12.1 Å². The van der Waals surface area contributed by atoms with Gasteiger partial charge in [0.05, 0.1) is 13.2 Å². The van der Waals surface area contributed by atoms with E-state index in [1.165, 1.54) is 5.06 Å². The maximum Gasteiger partial charge on any atom is 0.293 e. The van der Waals surface area contributed by atoms with Crippen LogP contribution in [0.5, 0.6) is 0 Å². The van der Waals surface area contributed by atoms with Crippen molar-refractivity contribution in [2.75, 3.05) is 18.9 Å². The lowest BCUT2D eigenvalue weighted by Crippen LogP contribution is -2.26. The van der Waals surface area contributed by atoms with Gasteiger partial charge in [-0.15, -0.1) is 0 Å². The van der Waals surface area contributed by atoms with Crippen molar-refractivity contribution in [2.45, 2.75) is 6.42 Å². The Morgan fingerprint density at radius 1 is 1.41 bits per heavy atom. The highest BCUT2D eigenvalue weighted by molar-refractivity contribution is 5.98. The molecule has 1 aromatic carbocycles. The fourth-order valence-electron chi connectivity index (χ4n) is 2.01. The van der Waals surface area contributed by atoms with E-state index in [9.17, 15) is 4.79 Å². The van der Waals surface area contributed by atoms with Gasteiger partial charge in [0.1, 0.15) is 5.69 Å². The number of anilines is 1. The van der Waals surface area contributed by atoms with Crippen molar-refractivity contribution in [1.82, 2.24) is 10.0 Å². The summed E-state index contributed by atoms with van der Waals surface area (Å²) < 4.78 is 0.